The van der Waals surface area contributed by atoms with Crippen molar-refractivity contribution in [3.05, 3.63) is 57.6 Å². The summed E-state index contributed by atoms with van der Waals surface area (Å²) >= 11 is 11.9. The third-order valence-electron chi connectivity index (χ3n) is 2.96. The van der Waals surface area contributed by atoms with Gasteiger partial charge in [0.1, 0.15) is 6.07 Å². The molecular weight excluding hydrogens is 359 g/mol. The van der Waals surface area contributed by atoms with Crippen LogP contribution in [0.25, 0.3) is 0 Å². The van der Waals surface area contributed by atoms with Crippen molar-refractivity contribution in [2.75, 3.05) is 11.6 Å². The van der Waals surface area contributed by atoms with Crippen LogP contribution in [0.5, 0.6) is 0 Å². The van der Waals surface area contributed by atoms with Gasteiger partial charge in [0.2, 0.25) is 0 Å². The molecule has 8 heteroatoms. The second-order valence-electron chi connectivity index (χ2n) is 4.67. The van der Waals surface area contributed by atoms with Gasteiger partial charge in [-0.25, -0.2) is 8.42 Å². The van der Waals surface area contributed by atoms with Gasteiger partial charge in [0.15, 0.2) is 9.84 Å². The molecule has 0 radical (unpaired) electrons. The first-order chi connectivity index (χ1) is 10.7. The molecule has 0 fully saturated rings. The number of hydrogen-bond acceptors (Lipinski definition) is 4. The summed E-state index contributed by atoms with van der Waals surface area (Å²) < 4.78 is 23.1. The molecule has 0 aliphatic carbocycles. The topological polar surface area (TPSA) is 87.0 Å². The van der Waals surface area contributed by atoms with Crippen LogP contribution in [0.3, 0.4) is 0 Å². The van der Waals surface area contributed by atoms with Crippen LogP contribution in [-0.2, 0) is 9.84 Å². The average molecular weight is 369 g/mol. The highest BCUT2D eigenvalue weighted by Gasteiger charge is 2.16. The molecule has 0 bridgehead atoms. The number of carbonyl (C=O) groups is 1. The lowest BCUT2D eigenvalue weighted by molar-refractivity contribution is 0.102. The van der Waals surface area contributed by atoms with Crippen LogP contribution < -0.4 is 5.32 Å². The summed E-state index contributed by atoms with van der Waals surface area (Å²) in [7, 11) is -3.46. The molecule has 23 heavy (non-hydrogen) atoms. The summed E-state index contributed by atoms with van der Waals surface area (Å²) in [6.07, 6.45) is 1.04. The van der Waals surface area contributed by atoms with E-state index in [4.69, 9.17) is 28.5 Å². The summed E-state index contributed by atoms with van der Waals surface area (Å²) in [5, 5.41) is 11.7. The standard InChI is InChI=1S/C15H10Cl2N2O3S/c1-23(21,22)11-4-5-13(16)12(7-11)15(20)19-10-3-2-9(8-18)14(17)6-10/h2-7H,1H3,(H,19,20). The molecule has 118 valence electrons. The Morgan fingerprint density at radius 3 is 2.39 bits per heavy atom. The summed E-state index contributed by atoms with van der Waals surface area (Å²) in [4.78, 5) is 12.3. The fraction of sp³-hybridized carbons (Fsp3) is 0.0667. The largest absolute Gasteiger partial charge is 0.322 e. The van der Waals surface area contributed by atoms with E-state index in [-0.39, 0.29) is 26.1 Å². The van der Waals surface area contributed by atoms with Gasteiger partial charge in [-0.3, -0.25) is 4.79 Å². The van der Waals surface area contributed by atoms with E-state index in [0.29, 0.717) is 5.69 Å². The number of benzene rings is 2. The van der Waals surface area contributed by atoms with Crippen LogP contribution in [0.4, 0.5) is 5.69 Å². The van der Waals surface area contributed by atoms with Crippen LogP contribution in [0.1, 0.15) is 15.9 Å². The van der Waals surface area contributed by atoms with Gasteiger partial charge in [0, 0.05) is 11.9 Å². The normalized spacial score (nSPS) is 10.9. The quantitative estimate of drug-likeness (QED) is 0.897. The predicted octanol–water partition coefficient (Wildman–Crippen LogP) is 3.52. The van der Waals surface area contributed by atoms with E-state index in [2.05, 4.69) is 5.32 Å². The van der Waals surface area contributed by atoms with Crippen LogP contribution >= 0.6 is 23.2 Å². The van der Waals surface area contributed by atoms with E-state index in [1.165, 1.54) is 36.4 Å². The van der Waals surface area contributed by atoms with Crippen molar-refractivity contribution in [3.63, 3.8) is 0 Å². The van der Waals surface area contributed by atoms with E-state index in [9.17, 15) is 13.2 Å². The van der Waals surface area contributed by atoms with Crippen molar-refractivity contribution in [3.8, 4) is 6.07 Å². The molecule has 5 nitrogen and oxygen atoms in total. The molecule has 1 N–H and O–H groups in total. The number of hydrogen-bond donors (Lipinski definition) is 1. The van der Waals surface area contributed by atoms with Gasteiger partial charge in [-0.05, 0) is 36.4 Å². The van der Waals surface area contributed by atoms with E-state index in [0.717, 1.165) is 6.26 Å². The molecule has 0 aliphatic rings. The molecule has 2 aromatic carbocycles. The maximum absolute atomic E-state index is 12.3. The second-order valence-corrected chi connectivity index (χ2v) is 7.50. The number of nitrogens with zero attached hydrogens (tertiary/aromatic N) is 1. The minimum Gasteiger partial charge on any atom is -0.322 e. The van der Waals surface area contributed by atoms with Gasteiger partial charge in [-0.15, -0.1) is 0 Å². The SMILES string of the molecule is CS(=O)(=O)c1ccc(Cl)c(C(=O)Nc2ccc(C#N)c(Cl)c2)c1. The van der Waals surface area contributed by atoms with Gasteiger partial charge in [-0.2, -0.15) is 5.26 Å². The number of nitrogens with one attached hydrogen (secondary N) is 1. The third kappa shape index (κ3) is 4.02. The molecule has 1 amide bonds. The second kappa shape index (κ2) is 6.59. The monoisotopic (exact) mass is 368 g/mol. The average Bonchev–Trinajstić information content (AvgIpc) is 2.46. The summed E-state index contributed by atoms with van der Waals surface area (Å²) in [5.74, 6) is -0.582. The number of rotatable bonds is 3. The van der Waals surface area contributed by atoms with Crippen LogP contribution in [-0.4, -0.2) is 20.6 Å². The Labute approximate surface area is 143 Å². The minimum absolute atomic E-state index is 0.00934. The molecule has 0 atom stereocenters. The first kappa shape index (κ1) is 17.3. The number of sulfone groups is 1. The first-order valence-corrected chi connectivity index (χ1v) is 8.87. The van der Waals surface area contributed by atoms with Crippen molar-refractivity contribution >= 4 is 44.6 Å². The van der Waals surface area contributed by atoms with Gasteiger partial charge < -0.3 is 5.32 Å². The molecule has 0 heterocycles. The molecule has 0 spiro atoms. The fourth-order valence-electron chi connectivity index (χ4n) is 1.79. The Kier molecular flexibility index (Phi) is 4.95. The maximum Gasteiger partial charge on any atom is 0.257 e. The maximum atomic E-state index is 12.3. The number of anilines is 1. The molecule has 0 aromatic heterocycles. The van der Waals surface area contributed by atoms with Gasteiger partial charge >= 0.3 is 0 Å². The zero-order valence-corrected chi connectivity index (χ0v) is 14.1. The van der Waals surface area contributed by atoms with Crippen LogP contribution in [0, 0.1) is 11.3 Å². The molecule has 0 saturated heterocycles. The summed E-state index contributed by atoms with van der Waals surface area (Å²) in [6, 6.07) is 10.2. The highest BCUT2D eigenvalue weighted by Crippen LogP contribution is 2.24. The molecule has 2 rings (SSSR count). The Hall–Kier alpha value is -2.07. The van der Waals surface area contributed by atoms with E-state index in [1.807, 2.05) is 6.07 Å². The van der Waals surface area contributed by atoms with Crippen molar-refractivity contribution < 1.29 is 13.2 Å². The van der Waals surface area contributed by atoms with Crippen LogP contribution in [0.2, 0.25) is 10.0 Å². The smallest absolute Gasteiger partial charge is 0.257 e. The van der Waals surface area contributed by atoms with Gasteiger partial charge in [-0.1, -0.05) is 23.2 Å². The minimum atomic E-state index is -3.46. The predicted molar refractivity (Wildman–Crippen MR) is 88.7 cm³/mol. The lowest BCUT2D eigenvalue weighted by Gasteiger charge is -2.09. The highest BCUT2D eigenvalue weighted by molar-refractivity contribution is 7.90. The number of nitriles is 1. The number of halogens is 2. The Balaban J connectivity index is 2.35. The Bertz CT molecular complexity index is 934. The van der Waals surface area contributed by atoms with E-state index < -0.39 is 15.7 Å². The van der Waals surface area contributed by atoms with Crippen molar-refractivity contribution in [2.24, 2.45) is 0 Å². The molecule has 2 aromatic rings. The summed E-state index contributed by atoms with van der Waals surface area (Å²) in [6.45, 7) is 0. The van der Waals surface area contributed by atoms with E-state index in [1.54, 1.807) is 0 Å². The molecule has 0 unspecified atom stereocenters. The lowest BCUT2D eigenvalue weighted by Crippen LogP contribution is -2.13. The summed E-state index contributed by atoms with van der Waals surface area (Å²) in [5.41, 5.74) is 0.664. The third-order valence-corrected chi connectivity index (χ3v) is 4.71. The Morgan fingerprint density at radius 1 is 1.13 bits per heavy atom. The highest BCUT2D eigenvalue weighted by atomic mass is 35.5. The fourth-order valence-corrected chi connectivity index (χ4v) is 2.86. The van der Waals surface area contributed by atoms with E-state index >= 15 is 0 Å². The van der Waals surface area contributed by atoms with Crippen molar-refractivity contribution in [1.29, 1.82) is 5.26 Å². The number of amides is 1. The molecule has 0 aliphatic heterocycles. The first-order valence-electron chi connectivity index (χ1n) is 6.23. The zero-order valence-electron chi connectivity index (χ0n) is 11.8. The van der Waals surface area contributed by atoms with Crippen molar-refractivity contribution in [1.82, 2.24) is 0 Å². The molecule has 0 saturated carbocycles. The number of carbonyl (C=O) groups excluding carboxylic acids is 1. The van der Waals surface area contributed by atoms with Gasteiger partial charge in [0.05, 0.1) is 26.1 Å². The van der Waals surface area contributed by atoms with Crippen LogP contribution in [0.15, 0.2) is 41.3 Å². The van der Waals surface area contributed by atoms with Gasteiger partial charge in [0.25, 0.3) is 5.91 Å². The Morgan fingerprint density at radius 2 is 1.83 bits per heavy atom. The lowest BCUT2D eigenvalue weighted by atomic mass is 10.2. The van der Waals surface area contributed by atoms with Crippen molar-refractivity contribution in [2.45, 2.75) is 4.90 Å². The molecular formula is C15H10Cl2N2O3S. The zero-order chi connectivity index (χ0) is 17.2.